The lowest BCUT2D eigenvalue weighted by molar-refractivity contribution is 0.539. The molecular formula is C16H14BrF3. The molecular weight excluding hydrogens is 329 g/mol. The van der Waals surface area contributed by atoms with Crippen LogP contribution in [-0.2, 0) is 12.8 Å². The van der Waals surface area contributed by atoms with Gasteiger partial charge in [-0.15, -0.1) is 0 Å². The summed E-state index contributed by atoms with van der Waals surface area (Å²) >= 11 is 3.40. The predicted octanol–water partition coefficient (Wildman–Crippen LogP) is 4.90. The van der Waals surface area contributed by atoms with Crippen LogP contribution in [0, 0.1) is 23.4 Å². The SMILES string of the molecule is Fc1ccc(CC(CBr)Cc2cc(F)ccc2F)cc1. The first kappa shape index (κ1) is 15.1. The fourth-order valence-corrected chi connectivity index (χ4v) is 2.60. The summed E-state index contributed by atoms with van der Waals surface area (Å²) in [4.78, 5) is 0. The first-order chi connectivity index (χ1) is 9.58. The number of hydrogen-bond acceptors (Lipinski definition) is 0. The van der Waals surface area contributed by atoms with Crippen LogP contribution >= 0.6 is 15.9 Å². The number of hydrogen-bond donors (Lipinski definition) is 0. The van der Waals surface area contributed by atoms with Crippen LogP contribution in [0.1, 0.15) is 11.1 Å². The molecule has 106 valence electrons. The van der Waals surface area contributed by atoms with Crippen molar-refractivity contribution >= 4 is 15.9 Å². The zero-order valence-electron chi connectivity index (χ0n) is 10.8. The van der Waals surface area contributed by atoms with Gasteiger partial charge in [-0.3, -0.25) is 0 Å². The summed E-state index contributed by atoms with van der Waals surface area (Å²) in [7, 11) is 0. The van der Waals surface area contributed by atoms with Gasteiger partial charge in [0.2, 0.25) is 0 Å². The molecule has 1 atom stereocenters. The molecule has 4 heteroatoms. The van der Waals surface area contributed by atoms with Gasteiger partial charge >= 0.3 is 0 Å². The summed E-state index contributed by atoms with van der Waals surface area (Å²) in [5.41, 5.74) is 1.35. The zero-order chi connectivity index (χ0) is 14.5. The monoisotopic (exact) mass is 342 g/mol. The van der Waals surface area contributed by atoms with Gasteiger partial charge in [-0.2, -0.15) is 0 Å². The van der Waals surface area contributed by atoms with Gasteiger partial charge in [-0.05, 0) is 60.2 Å². The second-order valence-corrected chi connectivity index (χ2v) is 5.44. The van der Waals surface area contributed by atoms with Crippen molar-refractivity contribution in [3.63, 3.8) is 0 Å². The smallest absolute Gasteiger partial charge is 0.126 e. The highest BCUT2D eigenvalue weighted by Gasteiger charge is 2.13. The van der Waals surface area contributed by atoms with Crippen LogP contribution in [0.4, 0.5) is 13.2 Å². The molecule has 20 heavy (non-hydrogen) atoms. The van der Waals surface area contributed by atoms with Gasteiger partial charge in [0.05, 0.1) is 0 Å². The van der Waals surface area contributed by atoms with E-state index in [9.17, 15) is 13.2 Å². The van der Waals surface area contributed by atoms with E-state index in [1.165, 1.54) is 18.2 Å². The van der Waals surface area contributed by atoms with E-state index in [2.05, 4.69) is 15.9 Å². The number of benzene rings is 2. The number of halogens is 4. The van der Waals surface area contributed by atoms with Crippen molar-refractivity contribution in [1.82, 2.24) is 0 Å². The average Bonchev–Trinajstić information content (AvgIpc) is 2.44. The van der Waals surface area contributed by atoms with Crippen molar-refractivity contribution in [2.75, 3.05) is 5.33 Å². The number of rotatable bonds is 5. The fraction of sp³-hybridized carbons (Fsp3) is 0.250. The largest absolute Gasteiger partial charge is 0.207 e. The van der Waals surface area contributed by atoms with Gasteiger partial charge in [-0.25, -0.2) is 13.2 Å². The lowest BCUT2D eigenvalue weighted by atomic mass is 9.94. The molecule has 2 aromatic carbocycles. The highest BCUT2D eigenvalue weighted by Crippen LogP contribution is 2.20. The normalized spacial score (nSPS) is 12.4. The maximum atomic E-state index is 13.6. The van der Waals surface area contributed by atoms with Gasteiger partial charge in [0, 0.05) is 5.33 Å². The molecule has 0 nitrogen and oxygen atoms in total. The Morgan fingerprint density at radius 3 is 2.15 bits per heavy atom. The van der Waals surface area contributed by atoms with E-state index in [0.717, 1.165) is 17.7 Å². The molecule has 0 aliphatic heterocycles. The molecule has 0 aliphatic carbocycles. The molecule has 0 radical (unpaired) electrons. The van der Waals surface area contributed by atoms with Gasteiger partial charge in [-0.1, -0.05) is 28.1 Å². The minimum atomic E-state index is -0.434. The van der Waals surface area contributed by atoms with Crippen LogP contribution in [0.2, 0.25) is 0 Å². The summed E-state index contributed by atoms with van der Waals surface area (Å²) in [6.07, 6.45) is 1.12. The van der Waals surface area contributed by atoms with Gasteiger partial charge in [0.15, 0.2) is 0 Å². The third kappa shape index (κ3) is 4.10. The van der Waals surface area contributed by atoms with E-state index in [1.807, 2.05) is 0 Å². The highest BCUT2D eigenvalue weighted by molar-refractivity contribution is 9.09. The molecule has 0 fully saturated rings. The summed E-state index contributed by atoms with van der Waals surface area (Å²) in [6, 6.07) is 9.73. The summed E-state index contributed by atoms with van der Waals surface area (Å²) in [5.74, 6) is -0.981. The Bertz CT molecular complexity index is 566. The van der Waals surface area contributed by atoms with Crippen LogP contribution in [-0.4, -0.2) is 5.33 Å². The van der Waals surface area contributed by atoms with E-state index >= 15 is 0 Å². The van der Waals surface area contributed by atoms with Gasteiger partial charge in [0.1, 0.15) is 17.5 Å². The molecule has 0 bridgehead atoms. The predicted molar refractivity (Wildman–Crippen MR) is 77.5 cm³/mol. The second-order valence-electron chi connectivity index (χ2n) is 4.79. The van der Waals surface area contributed by atoms with Crippen molar-refractivity contribution in [2.24, 2.45) is 5.92 Å². The Labute approximate surface area is 124 Å². The average molecular weight is 343 g/mol. The maximum Gasteiger partial charge on any atom is 0.126 e. The molecule has 0 saturated heterocycles. The Kier molecular flexibility index (Phi) is 5.24. The number of alkyl halides is 1. The first-order valence-corrected chi connectivity index (χ1v) is 7.45. The van der Waals surface area contributed by atoms with E-state index in [1.54, 1.807) is 12.1 Å². The quantitative estimate of drug-likeness (QED) is 0.678. The lowest BCUT2D eigenvalue weighted by Gasteiger charge is -2.15. The third-order valence-corrected chi connectivity index (χ3v) is 4.09. The van der Waals surface area contributed by atoms with Crippen LogP contribution in [0.5, 0.6) is 0 Å². The third-order valence-electron chi connectivity index (χ3n) is 3.17. The molecule has 0 aliphatic rings. The standard InChI is InChI=1S/C16H14BrF3/c17-10-12(7-11-1-3-14(18)4-2-11)8-13-9-15(19)5-6-16(13)20/h1-6,9,12H,7-8,10H2. The molecule has 0 amide bonds. The minimum absolute atomic E-state index is 0.122. The highest BCUT2D eigenvalue weighted by atomic mass is 79.9. The molecule has 0 heterocycles. The van der Waals surface area contributed by atoms with Crippen LogP contribution in [0.3, 0.4) is 0 Å². The fourth-order valence-electron chi connectivity index (χ4n) is 2.15. The van der Waals surface area contributed by atoms with Crippen molar-refractivity contribution in [3.8, 4) is 0 Å². The second kappa shape index (κ2) is 6.93. The van der Waals surface area contributed by atoms with Gasteiger partial charge in [0.25, 0.3) is 0 Å². The molecule has 1 unspecified atom stereocenters. The summed E-state index contributed by atoms with van der Waals surface area (Å²) in [6.45, 7) is 0. The van der Waals surface area contributed by atoms with Crippen molar-refractivity contribution < 1.29 is 13.2 Å². The van der Waals surface area contributed by atoms with Crippen molar-refractivity contribution in [1.29, 1.82) is 0 Å². The van der Waals surface area contributed by atoms with Crippen LogP contribution < -0.4 is 0 Å². The molecule has 2 aromatic rings. The van der Waals surface area contributed by atoms with Crippen LogP contribution in [0.15, 0.2) is 42.5 Å². The van der Waals surface area contributed by atoms with E-state index < -0.39 is 11.6 Å². The molecule has 0 saturated carbocycles. The first-order valence-electron chi connectivity index (χ1n) is 6.33. The Morgan fingerprint density at radius 2 is 1.50 bits per heavy atom. The summed E-state index contributed by atoms with van der Waals surface area (Å²) < 4.78 is 39.6. The van der Waals surface area contributed by atoms with Crippen molar-refractivity contribution in [2.45, 2.75) is 12.8 Å². The molecule has 0 spiro atoms. The van der Waals surface area contributed by atoms with E-state index in [0.29, 0.717) is 23.7 Å². The van der Waals surface area contributed by atoms with Crippen molar-refractivity contribution in [3.05, 3.63) is 71.0 Å². The lowest BCUT2D eigenvalue weighted by Crippen LogP contribution is -2.11. The van der Waals surface area contributed by atoms with Gasteiger partial charge < -0.3 is 0 Å². The topological polar surface area (TPSA) is 0 Å². The minimum Gasteiger partial charge on any atom is -0.207 e. The Hall–Kier alpha value is -1.29. The zero-order valence-corrected chi connectivity index (χ0v) is 12.3. The Morgan fingerprint density at radius 1 is 0.850 bits per heavy atom. The summed E-state index contributed by atoms with van der Waals surface area (Å²) in [5, 5.41) is 0.667. The molecule has 2 rings (SSSR count). The maximum absolute atomic E-state index is 13.6. The van der Waals surface area contributed by atoms with E-state index in [-0.39, 0.29) is 11.7 Å². The molecule has 0 N–H and O–H groups in total. The Balaban J connectivity index is 2.08. The van der Waals surface area contributed by atoms with E-state index in [4.69, 9.17) is 0 Å². The molecule has 0 aromatic heterocycles. The van der Waals surface area contributed by atoms with Crippen LogP contribution in [0.25, 0.3) is 0 Å².